The molecule has 1 aromatic carbocycles. The molecule has 1 aromatic rings. The molecule has 1 unspecified atom stereocenters. The molecule has 0 radical (unpaired) electrons. The monoisotopic (exact) mass is 229 g/mol. The van der Waals surface area contributed by atoms with Crippen LogP contribution in [0.2, 0.25) is 0 Å². The van der Waals surface area contributed by atoms with Gasteiger partial charge in [-0.1, -0.05) is 0 Å². The van der Waals surface area contributed by atoms with Crippen LogP contribution in [0.4, 0.5) is 0 Å². The van der Waals surface area contributed by atoms with Crippen LogP contribution in [0.25, 0.3) is 0 Å². The van der Waals surface area contributed by atoms with Crippen LogP contribution in [0.3, 0.4) is 0 Å². The minimum atomic E-state index is -0.356. The van der Waals surface area contributed by atoms with Gasteiger partial charge >= 0.3 is 0 Å². The Morgan fingerprint density at radius 2 is 2.13 bits per heavy atom. The summed E-state index contributed by atoms with van der Waals surface area (Å²) in [5, 5.41) is 8.51. The lowest BCUT2D eigenvalue weighted by Crippen LogP contribution is -2.19. The van der Waals surface area contributed by atoms with Crippen LogP contribution in [-0.4, -0.2) is 31.3 Å². The number of methoxy groups -OCH3 is 2. The van der Waals surface area contributed by atoms with E-state index < -0.39 is 0 Å². The van der Waals surface area contributed by atoms with E-state index in [1.807, 2.05) is 18.2 Å². The number of hydrogen-bond acceptors (Lipinski definition) is 5. The molecule has 5 heteroatoms. The van der Waals surface area contributed by atoms with E-state index >= 15 is 0 Å². The molecular formula is C10H15NO3S. The first-order valence-electron chi connectivity index (χ1n) is 4.46. The molecule has 0 aliphatic heterocycles. The molecular weight excluding hydrogens is 214 g/mol. The number of rotatable bonds is 5. The molecule has 0 bridgehead atoms. The minimum absolute atomic E-state index is 0.0783. The summed E-state index contributed by atoms with van der Waals surface area (Å²) in [6.07, 6.45) is 0. The van der Waals surface area contributed by atoms with Crippen molar-refractivity contribution in [3.05, 3.63) is 18.2 Å². The van der Waals surface area contributed by atoms with Crippen molar-refractivity contribution in [3.63, 3.8) is 0 Å². The molecule has 1 atom stereocenters. The van der Waals surface area contributed by atoms with Crippen LogP contribution < -0.4 is 15.2 Å². The molecule has 4 nitrogen and oxygen atoms in total. The normalized spacial score (nSPS) is 12.3. The van der Waals surface area contributed by atoms with Gasteiger partial charge in [-0.25, -0.2) is 0 Å². The zero-order chi connectivity index (χ0) is 11.3. The predicted molar refractivity (Wildman–Crippen MR) is 60.5 cm³/mol. The summed E-state index contributed by atoms with van der Waals surface area (Å²) in [4.78, 5) is 0.860. The van der Waals surface area contributed by atoms with E-state index in [0.717, 1.165) is 16.4 Å². The summed E-state index contributed by atoms with van der Waals surface area (Å²) in [6.45, 7) is -0.0783. The Morgan fingerprint density at radius 1 is 1.40 bits per heavy atom. The number of aliphatic hydroxyl groups is 1. The molecule has 84 valence electrons. The number of ether oxygens (including phenoxy) is 2. The van der Waals surface area contributed by atoms with Gasteiger partial charge in [-0.2, -0.15) is 0 Å². The molecule has 0 fully saturated rings. The first-order chi connectivity index (χ1) is 7.21. The number of hydrogen-bond donors (Lipinski definition) is 2. The highest BCUT2D eigenvalue weighted by atomic mass is 32.2. The number of nitrogens with two attached hydrogens (primary N) is 1. The van der Waals surface area contributed by atoms with Crippen molar-refractivity contribution in [3.8, 4) is 11.5 Å². The van der Waals surface area contributed by atoms with Crippen molar-refractivity contribution < 1.29 is 14.6 Å². The van der Waals surface area contributed by atoms with Crippen molar-refractivity contribution in [2.24, 2.45) is 5.73 Å². The summed E-state index contributed by atoms with van der Waals surface area (Å²) in [5.74, 6) is 1.47. The summed E-state index contributed by atoms with van der Waals surface area (Å²) < 4.78 is 10.3. The number of aliphatic hydroxyl groups excluding tert-OH is 1. The van der Waals surface area contributed by atoms with Crippen molar-refractivity contribution >= 4 is 11.8 Å². The maximum absolute atomic E-state index is 8.87. The molecule has 0 aromatic heterocycles. The quantitative estimate of drug-likeness (QED) is 0.584. The van der Waals surface area contributed by atoms with E-state index in [2.05, 4.69) is 0 Å². The number of benzene rings is 1. The Morgan fingerprint density at radius 3 is 2.67 bits per heavy atom. The SMILES string of the molecule is COc1ccc(OC)c(SC(N)CO)c1. The Labute approximate surface area is 93.4 Å². The van der Waals surface area contributed by atoms with Crippen LogP contribution in [0.1, 0.15) is 0 Å². The van der Waals surface area contributed by atoms with E-state index in [9.17, 15) is 0 Å². The predicted octanol–water partition coefficient (Wildman–Crippen LogP) is 1.07. The van der Waals surface area contributed by atoms with E-state index in [1.165, 1.54) is 11.8 Å². The highest BCUT2D eigenvalue weighted by Crippen LogP contribution is 2.33. The Hall–Kier alpha value is -0.910. The van der Waals surface area contributed by atoms with Crippen molar-refractivity contribution in [1.82, 2.24) is 0 Å². The van der Waals surface area contributed by atoms with Crippen LogP contribution in [0, 0.1) is 0 Å². The average molecular weight is 229 g/mol. The van der Waals surface area contributed by atoms with Crippen LogP contribution in [-0.2, 0) is 0 Å². The molecule has 0 spiro atoms. The van der Waals surface area contributed by atoms with Gasteiger partial charge < -0.3 is 20.3 Å². The maximum atomic E-state index is 8.87. The highest BCUT2D eigenvalue weighted by Gasteiger charge is 2.09. The average Bonchev–Trinajstić information content (AvgIpc) is 2.28. The van der Waals surface area contributed by atoms with E-state index in [4.69, 9.17) is 20.3 Å². The molecule has 3 N–H and O–H groups in total. The molecule has 15 heavy (non-hydrogen) atoms. The van der Waals surface area contributed by atoms with E-state index in [-0.39, 0.29) is 12.0 Å². The van der Waals surface area contributed by atoms with Gasteiger partial charge in [0.15, 0.2) is 0 Å². The fraction of sp³-hybridized carbons (Fsp3) is 0.400. The topological polar surface area (TPSA) is 64.7 Å². The van der Waals surface area contributed by atoms with Gasteiger partial charge in [0.1, 0.15) is 11.5 Å². The lowest BCUT2D eigenvalue weighted by Gasteiger charge is -2.12. The van der Waals surface area contributed by atoms with Crippen molar-refractivity contribution in [2.75, 3.05) is 20.8 Å². The fourth-order valence-corrected chi connectivity index (χ4v) is 1.93. The van der Waals surface area contributed by atoms with Crippen LogP contribution >= 0.6 is 11.8 Å². The maximum Gasteiger partial charge on any atom is 0.132 e. The van der Waals surface area contributed by atoms with Gasteiger partial charge in [0.2, 0.25) is 0 Å². The summed E-state index contributed by atoms with van der Waals surface area (Å²) in [5.41, 5.74) is 5.64. The largest absolute Gasteiger partial charge is 0.497 e. The fourth-order valence-electron chi connectivity index (χ4n) is 1.08. The van der Waals surface area contributed by atoms with E-state index in [1.54, 1.807) is 14.2 Å². The second-order valence-electron chi connectivity index (χ2n) is 2.86. The van der Waals surface area contributed by atoms with Gasteiger partial charge in [-0.15, -0.1) is 11.8 Å². The zero-order valence-electron chi connectivity index (χ0n) is 8.77. The van der Waals surface area contributed by atoms with Gasteiger partial charge in [0.25, 0.3) is 0 Å². The second kappa shape index (κ2) is 5.85. The highest BCUT2D eigenvalue weighted by molar-refractivity contribution is 8.00. The van der Waals surface area contributed by atoms with Crippen LogP contribution in [0.15, 0.2) is 23.1 Å². The molecule has 0 aliphatic rings. The second-order valence-corrected chi connectivity index (χ2v) is 4.14. The Balaban J connectivity index is 2.90. The van der Waals surface area contributed by atoms with Crippen molar-refractivity contribution in [1.29, 1.82) is 0 Å². The lowest BCUT2D eigenvalue weighted by atomic mass is 10.3. The Bertz CT molecular complexity index is 320. The molecule has 0 heterocycles. The lowest BCUT2D eigenvalue weighted by molar-refractivity contribution is 0.296. The summed E-state index contributed by atoms with van der Waals surface area (Å²) in [6, 6.07) is 5.46. The molecule has 0 saturated carbocycles. The van der Waals surface area contributed by atoms with Gasteiger partial charge in [0.05, 0.1) is 31.1 Å². The first kappa shape index (κ1) is 12.2. The number of thioether (sulfide) groups is 1. The van der Waals surface area contributed by atoms with Gasteiger partial charge in [-0.05, 0) is 18.2 Å². The van der Waals surface area contributed by atoms with E-state index in [0.29, 0.717) is 0 Å². The minimum Gasteiger partial charge on any atom is -0.497 e. The zero-order valence-corrected chi connectivity index (χ0v) is 9.58. The standard InChI is InChI=1S/C10H15NO3S/c1-13-7-3-4-8(14-2)9(5-7)15-10(11)6-12/h3-5,10,12H,6,11H2,1-2H3. The summed E-state index contributed by atoms with van der Waals surface area (Å²) in [7, 11) is 3.19. The molecule has 0 saturated heterocycles. The molecule has 0 aliphatic carbocycles. The third kappa shape index (κ3) is 3.30. The summed E-state index contributed by atoms with van der Waals surface area (Å²) >= 11 is 1.35. The third-order valence-electron chi connectivity index (χ3n) is 1.83. The van der Waals surface area contributed by atoms with Gasteiger partial charge in [-0.3, -0.25) is 0 Å². The third-order valence-corrected chi connectivity index (χ3v) is 2.85. The Kier molecular flexibility index (Phi) is 4.74. The molecule has 0 amide bonds. The molecule has 1 rings (SSSR count). The first-order valence-corrected chi connectivity index (χ1v) is 5.34. The van der Waals surface area contributed by atoms with Crippen molar-refractivity contribution in [2.45, 2.75) is 10.3 Å². The van der Waals surface area contributed by atoms with Gasteiger partial charge in [0, 0.05) is 0 Å². The van der Waals surface area contributed by atoms with Crippen LogP contribution in [0.5, 0.6) is 11.5 Å². The smallest absolute Gasteiger partial charge is 0.132 e.